The largest absolute Gasteiger partial charge is 0.393 e. The van der Waals surface area contributed by atoms with Crippen LogP contribution >= 0.6 is 0 Å². The lowest BCUT2D eigenvalue weighted by Crippen LogP contribution is -2.50. The van der Waals surface area contributed by atoms with E-state index in [1.807, 2.05) is 24.4 Å². The summed E-state index contributed by atoms with van der Waals surface area (Å²) in [5.74, 6) is 1.31. The second-order valence-corrected chi connectivity index (χ2v) is 6.51. The van der Waals surface area contributed by atoms with Crippen LogP contribution in [0.4, 0.5) is 5.82 Å². The van der Waals surface area contributed by atoms with Crippen molar-refractivity contribution in [1.29, 1.82) is 0 Å². The highest BCUT2D eigenvalue weighted by molar-refractivity contribution is 5.78. The maximum absolute atomic E-state index is 12.1. The van der Waals surface area contributed by atoms with Gasteiger partial charge in [-0.3, -0.25) is 9.69 Å². The molecule has 0 bridgehead atoms. The molecule has 0 aromatic carbocycles. The highest BCUT2D eigenvalue weighted by Gasteiger charge is 2.26. The quantitative estimate of drug-likeness (QED) is 0.826. The van der Waals surface area contributed by atoms with Crippen molar-refractivity contribution in [1.82, 2.24) is 15.2 Å². The third-order valence-corrected chi connectivity index (χ3v) is 4.89. The van der Waals surface area contributed by atoms with Gasteiger partial charge in [-0.1, -0.05) is 12.5 Å². The molecule has 0 radical (unpaired) electrons. The van der Waals surface area contributed by atoms with Crippen molar-refractivity contribution in [2.75, 3.05) is 44.2 Å². The molecule has 2 heterocycles. The molecule has 1 aromatic rings. The fourth-order valence-electron chi connectivity index (χ4n) is 3.44. The van der Waals surface area contributed by atoms with Gasteiger partial charge in [0.2, 0.25) is 5.91 Å². The Labute approximate surface area is 137 Å². The normalized spacial score (nSPS) is 25.5. The van der Waals surface area contributed by atoms with Crippen LogP contribution < -0.4 is 10.2 Å². The molecule has 1 amide bonds. The number of carbonyl (C=O) groups excluding carboxylic acids is 1. The lowest BCUT2D eigenvalue weighted by atomic mass is 10.1. The van der Waals surface area contributed by atoms with Gasteiger partial charge in [0.05, 0.1) is 12.6 Å². The molecule has 2 N–H and O–H groups in total. The Hall–Kier alpha value is -1.66. The third-order valence-electron chi connectivity index (χ3n) is 4.89. The third kappa shape index (κ3) is 4.42. The molecule has 1 aliphatic carbocycles. The maximum atomic E-state index is 12.1. The summed E-state index contributed by atoms with van der Waals surface area (Å²) in [4.78, 5) is 20.9. The van der Waals surface area contributed by atoms with E-state index in [-0.39, 0.29) is 17.9 Å². The SMILES string of the molecule is O=C(CN1CCN(c2ccccn2)CC1)NCC1CCCC1O. The van der Waals surface area contributed by atoms with Gasteiger partial charge in [0.1, 0.15) is 5.82 Å². The molecule has 6 nitrogen and oxygen atoms in total. The molecule has 2 aliphatic rings. The zero-order valence-electron chi connectivity index (χ0n) is 13.5. The van der Waals surface area contributed by atoms with Crippen LogP contribution in [0.15, 0.2) is 24.4 Å². The van der Waals surface area contributed by atoms with Gasteiger partial charge in [0.15, 0.2) is 0 Å². The fraction of sp³-hybridized carbons (Fsp3) is 0.647. The Morgan fingerprint density at radius 1 is 1.26 bits per heavy atom. The molecule has 1 saturated carbocycles. The molecule has 126 valence electrons. The van der Waals surface area contributed by atoms with Crippen LogP contribution in [0, 0.1) is 5.92 Å². The fourth-order valence-corrected chi connectivity index (χ4v) is 3.44. The summed E-state index contributed by atoms with van der Waals surface area (Å²) in [6, 6.07) is 5.94. The average Bonchev–Trinajstić information content (AvgIpc) is 3.00. The van der Waals surface area contributed by atoms with Crippen LogP contribution in [-0.2, 0) is 4.79 Å². The molecule has 2 fully saturated rings. The first-order valence-electron chi connectivity index (χ1n) is 8.55. The van der Waals surface area contributed by atoms with Gasteiger partial charge >= 0.3 is 0 Å². The number of pyridine rings is 1. The first kappa shape index (κ1) is 16.2. The standard InChI is InChI=1S/C17H26N4O2/c22-15-5-3-4-14(15)12-19-17(23)13-20-8-10-21(11-9-20)16-6-1-2-7-18-16/h1-2,6-7,14-15,22H,3-5,8-13H2,(H,19,23). The van der Waals surface area contributed by atoms with Crippen LogP contribution in [0.2, 0.25) is 0 Å². The minimum absolute atomic E-state index is 0.0652. The molecule has 2 unspecified atom stereocenters. The average molecular weight is 318 g/mol. The summed E-state index contributed by atoms with van der Waals surface area (Å²) in [5, 5.41) is 12.8. The number of aliphatic hydroxyl groups is 1. The van der Waals surface area contributed by atoms with E-state index in [0.717, 1.165) is 51.3 Å². The number of amides is 1. The highest BCUT2D eigenvalue weighted by Crippen LogP contribution is 2.24. The van der Waals surface area contributed by atoms with Gasteiger partial charge in [-0.25, -0.2) is 4.98 Å². The number of rotatable bonds is 5. The predicted molar refractivity (Wildman–Crippen MR) is 89.2 cm³/mol. The van der Waals surface area contributed by atoms with E-state index in [1.54, 1.807) is 0 Å². The van der Waals surface area contributed by atoms with E-state index in [4.69, 9.17) is 0 Å². The summed E-state index contributed by atoms with van der Waals surface area (Å²) in [6.07, 6.45) is 4.53. The van der Waals surface area contributed by atoms with Gasteiger partial charge in [0.25, 0.3) is 0 Å². The van der Waals surface area contributed by atoms with Crippen LogP contribution in [0.3, 0.4) is 0 Å². The molecule has 1 saturated heterocycles. The zero-order valence-corrected chi connectivity index (χ0v) is 13.5. The summed E-state index contributed by atoms with van der Waals surface area (Å²) in [6.45, 7) is 4.58. The minimum Gasteiger partial charge on any atom is -0.393 e. The molecular formula is C17H26N4O2. The van der Waals surface area contributed by atoms with Gasteiger partial charge < -0.3 is 15.3 Å². The van der Waals surface area contributed by atoms with E-state index in [1.165, 1.54) is 0 Å². The first-order chi connectivity index (χ1) is 11.2. The summed E-state index contributed by atoms with van der Waals surface area (Å²) in [5.41, 5.74) is 0. The molecule has 6 heteroatoms. The van der Waals surface area contributed by atoms with Crippen molar-refractivity contribution in [3.05, 3.63) is 24.4 Å². The van der Waals surface area contributed by atoms with Crippen LogP contribution in [-0.4, -0.2) is 66.3 Å². The van der Waals surface area contributed by atoms with E-state index in [9.17, 15) is 9.90 Å². The monoisotopic (exact) mass is 318 g/mol. The maximum Gasteiger partial charge on any atom is 0.234 e. The number of nitrogens with one attached hydrogen (secondary N) is 1. The van der Waals surface area contributed by atoms with E-state index in [2.05, 4.69) is 20.1 Å². The summed E-state index contributed by atoms with van der Waals surface area (Å²) < 4.78 is 0. The second kappa shape index (κ2) is 7.75. The van der Waals surface area contributed by atoms with E-state index < -0.39 is 0 Å². The lowest BCUT2D eigenvalue weighted by molar-refractivity contribution is -0.122. The summed E-state index contributed by atoms with van der Waals surface area (Å²) >= 11 is 0. The van der Waals surface area contributed by atoms with Gasteiger partial charge in [-0.05, 0) is 25.0 Å². The molecule has 23 heavy (non-hydrogen) atoms. The number of aliphatic hydroxyl groups excluding tert-OH is 1. The lowest BCUT2D eigenvalue weighted by Gasteiger charge is -2.35. The van der Waals surface area contributed by atoms with Crippen LogP contribution in [0.1, 0.15) is 19.3 Å². The Morgan fingerprint density at radius 3 is 2.74 bits per heavy atom. The highest BCUT2D eigenvalue weighted by atomic mass is 16.3. The van der Waals surface area contributed by atoms with Gasteiger partial charge in [-0.15, -0.1) is 0 Å². The number of hydrogen-bond donors (Lipinski definition) is 2. The molecule has 3 rings (SSSR count). The molecular weight excluding hydrogens is 292 g/mol. The Morgan fingerprint density at radius 2 is 2.09 bits per heavy atom. The summed E-state index contributed by atoms with van der Waals surface area (Å²) in [7, 11) is 0. The van der Waals surface area contributed by atoms with Crippen LogP contribution in [0.25, 0.3) is 0 Å². The Bertz CT molecular complexity index is 503. The Kier molecular flexibility index (Phi) is 5.46. The van der Waals surface area contributed by atoms with Crippen molar-refractivity contribution in [3.63, 3.8) is 0 Å². The number of hydrogen-bond acceptors (Lipinski definition) is 5. The van der Waals surface area contributed by atoms with E-state index >= 15 is 0 Å². The first-order valence-corrected chi connectivity index (χ1v) is 8.55. The molecule has 1 aromatic heterocycles. The second-order valence-electron chi connectivity index (χ2n) is 6.51. The molecule has 1 aliphatic heterocycles. The van der Waals surface area contributed by atoms with Crippen molar-refractivity contribution in [2.24, 2.45) is 5.92 Å². The van der Waals surface area contributed by atoms with Crippen molar-refractivity contribution in [3.8, 4) is 0 Å². The molecule has 2 atom stereocenters. The predicted octanol–water partition coefficient (Wildman–Crippen LogP) is 0.481. The minimum atomic E-state index is -0.239. The number of aromatic nitrogens is 1. The smallest absolute Gasteiger partial charge is 0.234 e. The van der Waals surface area contributed by atoms with Crippen molar-refractivity contribution in [2.45, 2.75) is 25.4 Å². The van der Waals surface area contributed by atoms with Gasteiger partial charge in [-0.2, -0.15) is 0 Å². The van der Waals surface area contributed by atoms with Crippen molar-refractivity contribution < 1.29 is 9.90 Å². The number of carbonyl (C=O) groups is 1. The van der Waals surface area contributed by atoms with Gasteiger partial charge in [0, 0.05) is 44.8 Å². The van der Waals surface area contributed by atoms with Crippen molar-refractivity contribution >= 4 is 11.7 Å². The topological polar surface area (TPSA) is 68.7 Å². The molecule has 0 spiro atoms. The van der Waals surface area contributed by atoms with E-state index in [0.29, 0.717) is 13.1 Å². The number of nitrogens with zero attached hydrogens (tertiary/aromatic N) is 3. The number of anilines is 1. The van der Waals surface area contributed by atoms with Crippen LogP contribution in [0.5, 0.6) is 0 Å². The zero-order chi connectivity index (χ0) is 16.1. The number of piperazine rings is 1. The Balaban J connectivity index is 1.37.